The van der Waals surface area contributed by atoms with Crippen LogP contribution in [0.4, 0.5) is 17.1 Å². The van der Waals surface area contributed by atoms with Crippen LogP contribution in [0.25, 0.3) is 97.6 Å². The molecule has 0 radical (unpaired) electrons. The average molecular weight is 761 g/mol. The zero-order valence-corrected chi connectivity index (χ0v) is 31.9. The quantitative estimate of drug-likeness (QED) is 0.169. The standard InChI is InChI=1S/C53H32N2O2S/c1-4-10-46-41(7-1)43-27-19-36(31-48(43)56-46)33-13-21-38(22-14-33)55(39-23-15-34(16-24-39)37-20-28-44-42-8-2-5-11-47(42)57-49(44)32-37)40-25-17-35(18-26-40)53-52-45-9-3-6-12-50(45)58-51(52)29-30-54-53/h1-32H. The molecule has 0 aliphatic carbocycles. The van der Waals surface area contributed by atoms with Gasteiger partial charge in [0.25, 0.3) is 0 Å². The molecular weight excluding hydrogens is 729 g/mol. The largest absolute Gasteiger partial charge is 0.456 e. The van der Waals surface area contributed by atoms with Crippen LogP contribution in [0.2, 0.25) is 0 Å². The highest BCUT2D eigenvalue weighted by atomic mass is 32.1. The van der Waals surface area contributed by atoms with Crippen molar-refractivity contribution in [3.63, 3.8) is 0 Å². The summed E-state index contributed by atoms with van der Waals surface area (Å²) >= 11 is 1.82. The molecule has 0 spiro atoms. The number of rotatable bonds is 6. The highest BCUT2D eigenvalue weighted by Crippen LogP contribution is 2.42. The van der Waals surface area contributed by atoms with Gasteiger partial charge in [0.15, 0.2) is 0 Å². The Morgan fingerprint density at radius 3 is 1.36 bits per heavy atom. The normalized spacial score (nSPS) is 11.8. The maximum absolute atomic E-state index is 6.23. The molecule has 0 amide bonds. The van der Waals surface area contributed by atoms with E-state index in [2.05, 4.69) is 169 Å². The molecule has 0 fully saturated rings. The van der Waals surface area contributed by atoms with Gasteiger partial charge in [0.05, 0.1) is 5.69 Å². The molecule has 4 aromatic heterocycles. The first-order valence-corrected chi connectivity index (χ1v) is 20.2. The van der Waals surface area contributed by atoms with E-state index in [1.807, 2.05) is 41.8 Å². The van der Waals surface area contributed by atoms with Gasteiger partial charge in [-0.2, -0.15) is 0 Å². The van der Waals surface area contributed by atoms with Crippen LogP contribution in [0.1, 0.15) is 0 Å². The van der Waals surface area contributed by atoms with E-state index >= 15 is 0 Å². The summed E-state index contributed by atoms with van der Waals surface area (Å²) in [6.45, 7) is 0. The maximum Gasteiger partial charge on any atom is 0.136 e. The summed E-state index contributed by atoms with van der Waals surface area (Å²) in [6.07, 6.45) is 1.92. The van der Waals surface area contributed by atoms with Crippen molar-refractivity contribution in [2.75, 3.05) is 4.90 Å². The summed E-state index contributed by atoms with van der Waals surface area (Å²) in [5.41, 5.74) is 13.3. The number of pyridine rings is 1. The van der Waals surface area contributed by atoms with Gasteiger partial charge in [0.1, 0.15) is 22.3 Å². The van der Waals surface area contributed by atoms with Gasteiger partial charge in [-0.05, 0) is 107 Å². The van der Waals surface area contributed by atoms with Gasteiger partial charge in [-0.1, -0.05) is 103 Å². The molecule has 0 aliphatic heterocycles. The number of para-hydroxylation sites is 2. The fourth-order valence-electron chi connectivity index (χ4n) is 8.52. The molecule has 0 aliphatic rings. The lowest BCUT2D eigenvalue weighted by Gasteiger charge is -2.26. The second-order valence-electron chi connectivity index (χ2n) is 14.7. The van der Waals surface area contributed by atoms with E-state index < -0.39 is 0 Å². The Hall–Kier alpha value is -7.47. The van der Waals surface area contributed by atoms with Crippen molar-refractivity contribution in [2.24, 2.45) is 0 Å². The van der Waals surface area contributed by atoms with E-state index in [4.69, 9.17) is 13.8 Å². The van der Waals surface area contributed by atoms with E-state index in [9.17, 15) is 0 Å². The molecule has 272 valence electrons. The fourth-order valence-corrected chi connectivity index (χ4v) is 9.62. The fraction of sp³-hybridized carbons (Fsp3) is 0. The van der Waals surface area contributed by atoms with Crippen molar-refractivity contribution >= 4 is 92.4 Å². The van der Waals surface area contributed by atoms with Gasteiger partial charge < -0.3 is 13.7 Å². The molecule has 12 aromatic rings. The third-order valence-electron chi connectivity index (χ3n) is 11.4. The molecule has 0 bridgehead atoms. The summed E-state index contributed by atoms with van der Waals surface area (Å²) in [5, 5.41) is 6.99. The van der Waals surface area contributed by atoms with Gasteiger partial charge in [-0.3, -0.25) is 4.98 Å². The van der Waals surface area contributed by atoms with Crippen molar-refractivity contribution in [1.82, 2.24) is 4.98 Å². The smallest absolute Gasteiger partial charge is 0.136 e. The summed E-state index contributed by atoms with van der Waals surface area (Å²) in [5.74, 6) is 0. The first kappa shape index (κ1) is 32.7. The monoisotopic (exact) mass is 760 g/mol. The molecule has 0 saturated carbocycles. The van der Waals surface area contributed by atoms with Crippen molar-refractivity contribution < 1.29 is 8.83 Å². The number of aromatic nitrogens is 1. The van der Waals surface area contributed by atoms with Gasteiger partial charge in [0.2, 0.25) is 0 Å². The van der Waals surface area contributed by atoms with E-state index in [-0.39, 0.29) is 0 Å². The number of hydrogen-bond acceptors (Lipinski definition) is 5. The van der Waals surface area contributed by atoms with Crippen molar-refractivity contribution in [3.8, 4) is 33.5 Å². The van der Waals surface area contributed by atoms with Crippen LogP contribution in [0.3, 0.4) is 0 Å². The van der Waals surface area contributed by atoms with E-state index in [0.29, 0.717) is 0 Å². The van der Waals surface area contributed by atoms with Crippen LogP contribution < -0.4 is 4.90 Å². The minimum atomic E-state index is 0.893. The lowest BCUT2D eigenvalue weighted by atomic mass is 10.0. The zero-order valence-electron chi connectivity index (χ0n) is 31.1. The van der Waals surface area contributed by atoms with E-state index in [1.54, 1.807) is 0 Å². The molecule has 12 rings (SSSR count). The van der Waals surface area contributed by atoms with Crippen LogP contribution in [-0.2, 0) is 0 Å². The minimum Gasteiger partial charge on any atom is -0.456 e. The number of benzene rings is 8. The number of fused-ring (bicyclic) bond motifs is 9. The minimum absolute atomic E-state index is 0.893. The van der Waals surface area contributed by atoms with Crippen molar-refractivity contribution in [1.29, 1.82) is 0 Å². The third kappa shape index (κ3) is 5.32. The Bertz CT molecular complexity index is 3350. The summed E-state index contributed by atoms with van der Waals surface area (Å²) in [6, 6.07) is 66.6. The van der Waals surface area contributed by atoms with Crippen LogP contribution in [-0.4, -0.2) is 4.98 Å². The number of anilines is 3. The van der Waals surface area contributed by atoms with Crippen LogP contribution in [0, 0.1) is 0 Å². The van der Waals surface area contributed by atoms with Crippen LogP contribution >= 0.6 is 11.3 Å². The zero-order chi connectivity index (χ0) is 38.2. The van der Waals surface area contributed by atoms with Gasteiger partial charge >= 0.3 is 0 Å². The van der Waals surface area contributed by atoms with E-state index in [0.717, 1.165) is 94.5 Å². The first-order chi connectivity index (χ1) is 28.7. The first-order valence-electron chi connectivity index (χ1n) is 19.4. The molecule has 4 nitrogen and oxygen atoms in total. The molecule has 4 heterocycles. The number of furan rings is 2. The Balaban J connectivity index is 0.931. The highest BCUT2D eigenvalue weighted by Gasteiger charge is 2.17. The predicted molar refractivity (Wildman–Crippen MR) is 243 cm³/mol. The molecule has 0 saturated heterocycles. The third-order valence-corrected chi connectivity index (χ3v) is 12.5. The molecule has 0 unspecified atom stereocenters. The lowest BCUT2D eigenvalue weighted by molar-refractivity contribution is 0.668. The molecular formula is C53H32N2O2S. The molecule has 8 aromatic carbocycles. The predicted octanol–water partition coefficient (Wildman–Crippen LogP) is 15.7. The van der Waals surface area contributed by atoms with Gasteiger partial charge in [-0.15, -0.1) is 11.3 Å². The van der Waals surface area contributed by atoms with Gasteiger partial charge in [0, 0.05) is 70.5 Å². The number of hydrogen-bond donors (Lipinski definition) is 0. The second-order valence-corrected chi connectivity index (χ2v) is 15.8. The molecule has 58 heavy (non-hydrogen) atoms. The van der Waals surface area contributed by atoms with E-state index in [1.165, 1.54) is 20.2 Å². The Morgan fingerprint density at radius 1 is 0.362 bits per heavy atom. The number of thiophene rings is 1. The summed E-state index contributed by atoms with van der Waals surface area (Å²) in [4.78, 5) is 7.23. The van der Waals surface area contributed by atoms with Crippen molar-refractivity contribution in [2.45, 2.75) is 0 Å². The Morgan fingerprint density at radius 2 is 0.810 bits per heavy atom. The summed E-state index contributed by atoms with van der Waals surface area (Å²) in [7, 11) is 0. The van der Waals surface area contributed by atoms with Crippen molar-refractivity contribution in [3.05, 3.63) is 194 Å². The highest BCUT2D eigenvalue weighted by molar-refractivity contribution is 7.25. The van der Waals surface area contributed by atoms with Crippen LogP contribution in [0.15, 0.2) is 203 Å². The van der Waals surface area contributed by atoms with Gasteiger partial charge in [-0.25, -0.2) is 0 Å². The number of nitrogens with zero attached hydrogens (tertiary/aromatic N) is 2. The SMILES string of the molecule is c1ccc2c(c1)oc1cc(-c3ccc(N(c4ccc(-c5ccc6c(c5)oc5ccccc56)cc4)c4ccc(-c5nccc6sc7ccccc7c56)cc4)cc3)ccc12. The second kappa shape index (κ2) is 13.1. The average Bonchev–Trinajstić information content (AvgIpc) is 3.98. The topological polar surface area (TPSA) is 42.4 Å². The lowest BCUT2D eigenvalue weighted by Crippen LogP contribution is -2.09. The Labute approximate surface area is 337 Å². The molecule has 0 atom stereocenters. The molecule has 5 heteroatoms. The summed E-state index contributed by atoms with van der Waals surface area (Å²) < 4.78 is 15.0. The maximum atomic E-state index is 6.23. The molecule has 0 N–H and O–H groups in total. The van der Waals surface area contributed by atoms with Crippen LogP contribution in [0.5, 0.6) is 0 Å². The Kier molecular flexibility index (Phi) is 7.37.